The predicted molar refractivity (Wildman–Crippen MR) is 240 cm³/mol. The lowest BCUT2D eigenvalue weighted by molar-refractivity contribution is -0.153. The van der Waals surface area contributed by atoms with Crippen molar-refractivity contribution in [3.8, 4) is 33.5 Å². The molecule has 3 aliphatic heterocycles. The Hall–Kier alpha value is -6.40. The molecule has 3 saturated heterocycles. The molecule has 16 nitrogen and oxygen atoms in total. The van der Waals surface area contributed by atoms with E-state index in [0.717, 1.165) is 30.3 Å². The largest absolute Gasteiger partial charge is 0.453 e. The van der Waals surface area contributed by atoms with E-state index in [0.29, 0.717) is 58.3 Å². The first kappa shape index (κ1) is 44.4. The minimum atomic E-state index is -3.32. The minimum absolute atomic E-state index is 0.0366. The molecule has 5 aromatic rings. The molecule has 2 aromatic heterocycles. The maximum atomic E-state index is 16.7. The number of nitrogens with zero attached hydrogens (tertiary/aromatic N) is 4. The number of likely N-dealkylation sites (tertiary alicyclic amines) is 2. The van der Waals surface area contributed by atoms with Crippen LogP contribution in [0.3, 0.4) is 0 Å². The molecule has 0 radical (unpaired) electrons. The Labute approximate surface area is 385 Å². The number of halogens is 2. The van der Waals surface area contributed by atoms with Crippen LogP contribution in [-0.4, -0.2) is 112 Å². The fourth-order valence-corrected chi connectivity index (χ4v) is 11.0. The average Bonchev–Trinajstić information content (AvgIpc) is 4.20. The molecule has 1 saturated carbocycles. The highest BCUT2D eigenvalue weighted by Crippen LogP contribution is 2.54. The smallest absolute Gasteiger partial charge is 0.407 e. The highest BCUT2D eigenvalue weighted by atomic mass is 19.3. The fraction of sp³-hybridized carbons (Fsp3) is 0.469. The highest BCUT2D eigenvalue weighted by Gasteiger charge is 2.54. The maximum Gasteiger partial charge on any atom is 0.407 e. The number of aromatic amines is 2. The molecule has 18 heteroatoms. The van der Waals surface area contributed by atoms with Crippen LogP contribution in [0.4, 0.5) is 18.4 Å². The van der Waals surface area contributed by atoms with E-state index in [-0.39, 0.29) is 65.7 Å². The number of alkyl carbamates (subject to hydrolysis) is 2. The van der Waals surface area contributed by atoms with Gasteiger partial charge < -0.3 is 49.3 Å². The number of benzene rings is 3. The van der Waals surface area contributed by atoms with Gasteiger partial charge in [0.25, 0.3) is 5.92 Å². The number of carbonyl (C=O) groups is 4. The van der Waals surface area contributed by atoms with Crippen LogP contribution in [0.2, 0.25) is 0 Å². The van der Waals surface area contributed by atoms with Crippen LogP contribution < -0.4 is 10.6 Å². The van der Waals surface area contributed by atoms with Gasteiger partial charge in [-0.2, -0.15) is 8.78 Å². The Morgan fingerprint density at radius 1 is 0.791 bits per heavy atom. The minimum Gasteiger partial charge on any atom is -0.453 e. The van der Waals surface area contributed by atoms with E-state index in [9.17, 15) is 19.2 Å². The van der Waals surface area contributed by atoms with Crippen molar-refractivity contribution in [3.63, 3.8) is 0 Å². The van der Waals surface area contributed by atoms with E-state index in [4.69, 9.17) is 23.9 Å². The number of piperidine rings is 1. The number of nitrogens with one attached hydrogen (secondary N) is 4. The topological polar surface area (TPSA) is 193 Å². The van der Waals surface area contributed by atoms with Crippen molar-refractivity contribution in [2.24, 2.45) is 17.8 Å². The molecule has 5 heterocycles. The summed E-state index contributed by atoms with van der Waals surface area (Å²) in [7, 11) is 2.51. The number of carbonyl (C=O) groups excluding carboxylic acids is 4. The van der Waals surface area contributed by atoms with Crippen molar-refractivity contribution in [2.75, 3.05) is 34.0 Å². The third-order valence-electron chi connectivity index (χ3n) is 14.4. The lowest BCUT2D eigenvalue weighted by Gasteiger charge is -2.37. The van der Waals surface area contributed by atoms with Crippen LogP contribution in [0.25, 0.3) is 44.5 Å². The molecule has 10 rings (SSSR count). The van der Waals surface area contributed by atoms with Crippen LogP contribution in [0.5, 0.6) is 0 Å². The van der Waals surface area contributed by atoms with Gasteiger partial charge in [-0.1, -0.05) is 58.0 Å². The zero-order valence-electron chi connectivity index (χ0n) is 38.2. The van der Waals surface area contributed by atoms with E-state index in [2.05, 4.69) is 25.6 Å². The molecule has 3 aromatic carbocycles. The first-order valence-electron chi connectivity index (χ1n) is 22.9. The highest BCUT2D eigenvalue weighted by molar-refractivity contribution is 5.89. The number of H-pyrrole nitrogens is 2. The van der Waals surface area contributed by atoms with Gasteiger partial charge in [0.1, 0.15) is 23.7 Å². The zero-order chi connectivity index (χ0) is 47.1. The second-order valence-corrected chi connectivity index (χ2v) is 19.1. The van der Waals surface area contributed by atoms with Crippen LogP contribution in [0.1, 0.15) is 88.2 Å². The van der Waals surface area contributed by atoms with Gasteiger partial charge in [-0.05, 0) is 83.5 Å². The molecule has 4 amide bonds. The van der Waals surface area contributed by atoms with Gasteiger partial charge in [-0.25, -0.2) is 19.6 Å². The molecule has 2 bridgehead atoms. The van der Waals surface area contributed by atoms with E-state index in [1.165, 1.54) is 20.3 Å². The maximum absolute atomic E-state index is 16.7. The number of imidazole rings is 2. The third-order valence-corrected chi connectivity index (χ3v) is 14.4. The third kappa shape index (κ3) is 7.57. The number of hydrogen-bond acceptors (Lipinski definition) is 10. The van der Waals surface area contributed by atoms with E-state index < -0.39 is 42.0 Å². The van der Waals surface area contributed by atoms with Crippen molar-refractivity contribution in [1.82, 2.24) is 40.4 Å². The monoisotopic (exact) mass is 920 g/mol. The lowest BCUT2D eigenvalue weighted by Crippen LogP contribution is -2.54. The van der Waals surface area contributed by atoms with Crippen molar-refractivity contribution >= 4 is 35.0 Å². The second kappa shape index (κ2) is 16.7. The number of hydrogen-bond donors (Lipinski definition) is 4. The molecule has 2 aliphatic carbocycles. The summed E-state index contributed by atoms with van der Waals surface area (Å²) in [5.41, 5.74) is 4.36. The first-order valence-corrected chi connectivity index (χ1v) is 22.9. The van der Waals surface area contributed by atoms with Crippen LogP contribution in [0.15, 0.2) is 60.8 Å². The molecule has 67 heavy (non-hydrogen) atoms. The molecular weight excluding hydrogens is 867 g/mol. The van der Waals surface area contributed by atoms with Gasteiger partial charge in [-0.3, -0.25) is 9.59 Å². The normalized spacial score (nSPS) is 23.0. The van der Waals surface area contributed by atoms with Gasteiger partial charge in [0.05, 0.1) is 69.0 Å². The first-order chi connectivity index (χ1) is 32.1. The van der Waals surface area contributed by atoms with E-state index >= 15 is 8.78 Å². The molecule has 5 aliphatic rings. The van der Waals surface area contributed by atoms with Gasteiger partial charge in [0.15, 0.2) is 5.79 Å². The summed E-state index contributed by atoms with van der Waals surface area (Å²) >= 11 is 0. The summed E-state index contributed by atoms with van der Waals surface area (Å²) in [4.78, 5) is 72.4. The number of rotatable bonds is 10. The number of ether oxygens (including phenoxy) is 4. The predicted octanol–water partition coefficient (Wildman–Crippen LogP) is 7.57. The van der Waals surface area contributed by atoms with Crippen LogP contribution in [-0.2, 0) is 34.5 Å². The second-order valence-electron chi connectivity index (χ2n) is 19.1. The molecule has 4 fully saturated rings. The Kier molecular flexibility index (Phi) is 11.1. The summed E-state index contributed by atoms with van der Waals surface area (Å²) in [6.07, 6.45) is 3.15. The van der Waals surface area contributed by atoms with E-state index in [1.807, 2.05) is 56.9 Å². The molecule has 352 valence electrons. The molecule has 6 atom stereocenters. The number of amides is 4. The number of aromatic nitrogens is 4. The summed E-state index contributed by atoms with van der Waals surface area (Å²) in [5.74, 6) is -4.04. The lowest BCUT2D eigenvalue weighted by atomic mass is 9.95. The quantitative estimate of drug-likeness (QED) is 0.109. The van der Waals surface area contributed by atoms with Gasteiger partial charge in [0, 0.05) is 29.2 Å². The molecule has 0 unspecified atom stereocenters. The van der Waals surface area contributed by atoms with Gasteiger partial charge in [-0.15, -0.1) is 0 Å². The van der Waals surface area contributed by atoms with Crippen LogP contribution >= 0.6 is 0 Å². The van der Waals surface area contributed by atoms with Gasteiger partial charge >= 0.3 is 12.2 Å². The summed E-state index contributed by atoms with van der Waals surface area (Å²) in [5, 5.41) is 5.38. The standard InChI is InChI=1S/C49H54F2N8O8/c1-24(2)39(56-46(62)64-5)44(60)58-23-48(66-15-16-67-48)21-38(58)42-52-22-37(55-42)28-9-13-32-31-12-8-26(18-33(31)49(50,51)34(32)19-28)27-10-14-35-36(20-27)54-43(53-35)41-29-7-11-30(17-29)59(41)45(61)40(25(3)4)57-47(63)65-6/h8-10,12-14,18-20,22,24-25,29-30,38-41H,7,11,15-17,21,23H2,1-6H3,(H,52,55)(H,53,54)(H,56,62)(H,57,63)/t29-,30-,38+,39+,40+,41+/m1/s1. The average molecular weight is 921 g/mol. The molecule has 1 spiro atoms. The van der Waals surface area contributed by atoms with Crippen molar-refractivity contribution in [3.05, 3.63) is 83.6 Å². The Bertz CT molecular complexity index is 2780. The van der Waals surface area contributed by atoms with Crippen molar-refractivity contribution in [2.45, 2.75) is 95.3 Å². The SMILES string of the molecule is COC(=O)N[C@H](C(=O)N1CC2(C[C@H]1c1ncc(-c3ccc4c(c3)C(F)(F)c3cc(-c5ccc6nc([C@@H]7[C@@H]8CC[C@H](C8)N7C(=O)[C@@H](NC(=O)OC)C(C)C)[nH]c6c5)ccc3-4)[nH]1)OCCO2)C(C)C. The Morgan fingerprint density at radius 2 is 1.40 bits per heavy atom. The zero-order valence-corrected chi connectivity index (χ0v) is 38.2. The number of methoxy groups -OCH3 is 2. The van der Waals surface area contributed by atoms with Crippen molar-refractivity contribution < 1.29 is 46.9 Å². The Morgan fingerprint density at radius 3 is 2.06 bits per heavy atom. The summed E-state index contributed by atoms with van der Waals surface area (Å²) in [6, 6.07) is 13.2. The number of fused-ring (bicyclic) bond motifs is 6. The van der Waals surface area contributed by atoms with Crippen molar-refractivity contribution in [1.29, 1.82) is 0 Å². The summed E-state index contributed by atoms with van der Waals surface area (Å²) < 4.78 is 55.1. The number of alkyl halides is 2. The Balaban J connectivity index is 0.902. The summed E-state index contributed by atoms with van der Waals surface area (Å²) in [6.45, 7) is 8.26. The fourth-order valence-electron chi connectivity index (χ4n) is 11.0. The van der Waals surface area contributed by atoms with Gasteiger partial charge in [0.2, 0.25) is 11.8 Å². The molecule has 4 N–H and O–H groups in total. The van der Waals surface area contributed by atoms with Crippen LogP contribution in [0, 0.1) is 17.8 Å². The molecular formula is C49H54F2N8O8. The van der Waals surface area contributed by atoms with E-state index in [1.54, 1.807) is 35.4 Å².